The van der Waals surface area contributed by atoms with Gasteiger partial charge in [0.2, 0.25) is 0 Å². The molecule has 1 aliphatic carbocycles. The van der Waals surface area contributed by atoms with E-state index < -0.39 is 17.7 Å². The molecule has 1 aliphatic rings. The highest BCUT2D eigenvalue weighted by molar-refractivity contribution is 6.01. The predicted molar refractivity (Wildman–Crippen MR) is 74.8 cm³/mol. The zero-order valence-corrected chi connectivity index (χ0v) is 12.1. The van der Waals surface area contributed by atoms with E-state index in [1.54, 1.807) is 17.2 Å². The monoisotopic (exact) mass is 297 g/mol. The molecule has 0 radical (unpaired) electrons. The first kappa shape index (κ1) is 15.6. The summed E-state index contributed by atoms with van der Waals surface area (Å²) in [5.74, 6) is -0.526. The summed E-state index contributed by atoms with van der Waals surface area (Å²) in [6.07, 6.45) is -0.512. The average Bonchev–Trinajstić information content (AvgIpc) is 2.40. The number of benzene rings is 1. The topological polar surface area (TPSA) is 20.3 Å². The number of nitrogens with zero attached hydrogens (tertiary/aromatic N) is 1. The number of hydrogen-bond acceptors (Lipinski definition) is 2. The Bertz CT molecular complexity index is 561. The van der Waals surface area contributed by atoms with E-state index in [4.69, 9.17) is 0 Å². The Morgan fingerprint density at radius 2 is 2.00 bits per heavy atom. The van der Waals surface area contributed by atoms with Crippen LogP contribution in [-0.2, 0) is 11.0 Å². The van der Waals surface area contributed by atoms with Crippen LogP contribution in [-0.4, -0.2) is 24.8 Å². The molecule has 1 aromatic carbocycles. The quantitative estimate of drug-likeness (QED) is 0.769. The van der Waals surface area contributed by atoms with Crippen LogP contribution in [0.15, 0.2) is 36.0 Å². The number of carbonyl (C=O) groups is 1. The van der Waals surface area contributed by atoms with Crippen LogP contribution in [0.1, 0.15) is 36.3 Å². The molecular weight excluding hydrogens is 279 g/mol. The molecule has 2 nitrogen and oxygen atoms in total. The molecule has 1 atom stereocenters. The van der Waals surface area contributed by atoms with Crippen LogP contribution in [0.3, 0.4) is 0 Å². The van der Waals surface area contributed by atoms with Crippen LogP contribution >= 0.6 is 0 Å². The normalized spacial score (nSPS) is 21.7. The summed E-state index contributed by atoms with van der Waals surface area (Å²) >= 11 is 0. The number of Topliss-reactive ketones (excluding diaryl/α,β-unsaturated/α-hetero) is 1. The van der Waals surface area contributed by atoms with Crippen LogP contribution in [0.4, 0.5) is 13.2 Å². The maximum atomic E-state index is 12.8. The van der Waals surface area contributed by atoms with Gasteiger partial charge in [-0.2, -0.15) is 13.2 Å². The third kappa shape index (κ3) is 3.65. The molecule has 0 aliphatic heterocycles. The minimum absolute atomic E-state index is 0.0609. The van der Waals surface area contributed by atoms with E-state index in [1.165, 1.54) is 6.07 Å². The molecule has 1 aromatic rings. The Labute approximate surface area is 122 Å². The molecule has 2 rings (SSSR count). The van der Waals surface area contributed by atoms with Crippen LogP contribution in [0, 0.1) is 0 Å². The molecule has 0 spiro atoms. The second kappa shape index (κ2) is 5.92. The Kier molecular flexibility index (Phi) is 4.40. The number of allylic oxidation sites excluding steroid dienone is 1. The summed E-state index contributed by atoms with van der Waals surface area (Å²) in [7, 11) is 3.66. The first-order chi connectivity index (χ1) is 9.79. The van der Waals surface area contributed by atoms with Crippen LogP contribution < -0.4 is 0 Å². The lowest BCUT2D eigenvalue weighted by atomic mass is 9.80. The van der Waals surface area contributed by atoms with E-state index in [9.17, 15) is 18.0 Å². The fourth-order valence-electron chi connectivity index (χ4n) is 2.66. The third-order valence-electron chi connectivity index (χ3n) is 3.60. The van der Waals surface area contributed by atoms with Crippen molar-refractivity contribution in [2.75, 3.05) is 14.1 Å². The van der Waals surface area contributed by atoms with Crippen molar-refractivity contribution < 1.29 is 18.0 Å². The fraction of sp³-hybridized carbons (Fsp3) is 0.438. The summed E-state index contributed by atoms with van der Waals surface area (Å²) in [5, 5.41) is 0. The molecule has 114 valence electrons. The van der Waals surface area contributed by atoms with E-state index >= 15 is 0 Å². The van der Waals surface area contributed by atoms with Gasteiger partial charge in [-0.25, -0.2) is 0 Å². The largest absolute Gasteiger partial charge is 0.416 e. The number of alkyl halides is 3. The Hall–Kier alpha value is -1.78. The van der Waals surface area contributed by atoms with Crippen molar-refractivity contribution in [2.24, 2.45) is 0 Å². The van der Waals surface area contributed by atoms with Gasteiger partial charge >= 0.3 is 6.18 Å². The van der Waals surface area contributed by atoms with Crippen molar-refractivity contribution in [1.82, 2.24) is 4.90 Å². The zero-order chi connectivity index (χ0) is 15.6. The summed E-state index contributed by atoms with van der Waals surface area (Å²) in [6.45, 7) is 0. The Morgan fingerprint density at radius 3 is 2.62 bits per heavy atom. The molecule has 21 heavy (non-hydrogen) atoms. The van der Waals surface area contributed by atoms with E-state index in [-0.39, 0.29) is 5.78 Å². The van der Waals surface area contributed by atoms with Gasteiger partial charge in [0.15, 0.2) is 5.78 Å². The van der Waals surface area contributed by atoms with Crippen molar-refractivity contribution in [3.8, 4) is 0 Å². The SMILES string of the molecule is CN(C)C=C1CCCC(c2cccc(C(F)(F)F)c2)C1=O. The second-order valence-corrected chi connectivity index (χ2v) is 5.55. The molecule has 0 N–H and O–H groups in total. The van der Waals surface area contributed by atoms with Crippen molar-refractivity contribution in [1.29, 1.82) is 0 Å². The number of carbonyl (C=O) groups excluding carboxylic acids is 1. The van der Waals surface area contributed by atoms with Gasteiger partial charge in [0.1, 0.15) is 0 Å². The maximum absolute atomic E-state index is 12.8. The van der Waals surface area contributed by atoms with Gasteiger partial charge < -0.3 is 4.90 Å². The summed E-state index contributed by atoms with van der Waals surface area (Å²) < 4.78 is 38.3. The van der Waals surface area contributed by atoms with Crippen molar-refractivity contribution >= 4 is 5.78 Å². The van der Waals surface area contributed by atoms with Crippen molar-refractivity contribution in [3.05, 3.63) is 47.2 Å². The highest BCUT2D eigenvalue weighted by Gasteiger charge is 2.33. The third-order valence-corrected chi connectivity index (χ3v) is 3.60. The van der Waals surface area contributed by atoms with Crippen LogP contribution in [0.5, 0.6) is 0 Å². The molecule has 0 aromatic heterocycles. The number of rotatable bonds is 2. The van der Waals surface area contributed by atoms with Gasteiger partial charge in [0.25, 0.3) is 0 Å². The van der Waals surface area contributed by atoms with Gasteiger partial charge in [-0.1, -0.05) is 18.2 Å². The Morgan fingerprint density at radius 1 is 1.29 bits per heavy atom. The summed E-state index contributed by atoms with van der Waals surface area (Å²) in [4.78, 5) is 14.2. The summed E-state index contributed by atoms with van der Waals surface area (Å²) in [6, 6.07) is 5.11. The van der Waals surface area contributed by atoms with Gasteiger partial charge in [-0.3, -0.25) is 4.79 Å². The molecule has 0 saturated heterocycles. The molecule has 0 amide bonds. The number of ketones is 1. The smallest absolute Gasteiger partial charge is 0.383 e. The fourth-order valence-corrected chi connectivity index (χ4v) is 2.66. The second-order valence-electron chi connectivity index (χ2n) is 5.55. The lowest BCUT2D eigenvalue weighted by Crippen LogP contribution is -2.22. The molecule has 0 bridgehead atoms. The first-order valence-corrected chi connectivity index (χ1v) is 6.87. The summed E-state index contributed by atoms with van der Waals surface area (Å²) in [5.41, 5.74) is 0.448. The molecule has 0 heterocycles. The molecule has 1 saturated carbocycles. The molecular formula is C16H18F3NO. The lowest BCUT2D eigenvalue weighted by molar-refractivity contribution is -0.137. The molecule has 1 fully saturated rings. The average molecular weight is 297 g/mol. The maximum Gasteiger partial charge on any atom is 0.416 e. The highest BCUT2D eigenvalue weighted by atomic mass is 19.4. The minimum atomic E-state index is -4.38. The standard InChI is InChI=1S/C16H18F3NO/c1-20(2)10-12-6-4-8-14(15(12)21)11-5-3-7-13(9-11)16(17,18)19/h3,5,7,9-10,14H,4,6,8H2,1-2H3. The minimum Gasteiger partial charge on any atom is -0.383 e. The number of hydrogen-bond donors (Lipinski definition) is 0. The molecule has 5 heteroatoms. The Balaban J connectivity index is 2.31. The van der Waals surface area contributed by atoms with E-state index in [0.29, 0.717) is 24.0 Å². The van der Waals surface area contributed by atoms with Crippen molar-refractivity contribution in [3.63, 3.8) is 0 Å². The van der Waals surface area contributed by atoms with Gasteiger partial charge in [0, 0.05) is 31.8 Å². The van der Waals surface area contributed by atoms with Gasteiger partial charge in [-0.05, 0) is 30.9 Å². The zero-order valence-electron chi connectivity index (χ0n) is 12.1. The van der Waals surface area contributed by atoms with E-state index in [1.807, 2.05) is 14.1 Å². The molecule has 1 unspecified atom stereocenters. The predicted octanol–water partition coefficient (Wildman–Crippen LogP) is 3.99. The van der Waals surface area contributed by atoms with Crippen LogP contribution in [0.25, 0.3) is 0 Å². The number of halogens is 3. The van der Waals surface area contributed by atoms with E-state index in [0.717, 1.165) is 18.6 Å². The lowest BCUT2D eigenvalue weighted by Gasteiger charge is -2.24. The van der Waals surface area contributed by atoms with E-state index in [2.05, 4.69) is 0 Å². The van der Waals surface area contributed by atoms with Gasteiger partial charge in [-0.15, -0.1) is 0 Å². The highest BCUT2D eigenvalue weighted by Crippen LogP contribution is 2.36. The van der Waals surface area contributed by atoms with Crippen LogP contribution in [0.2, 0.25) is 0 Å². The van der Waals surface area contributed by atoms with Crippen molar-refractivity contribution in [2.45, 2.75) is 31.4 Å². The van der Waals surface area contributed by atoms with Gasteiger partial charge in [0.05, 0.1) is 5.56 Å². The first-order valence-electron chi connectivity index (χ1n) is 6.87.